The van der Waals surface area contributed by atoms with Crippen molar-refractivity contribution in [3.63, 3.8) is 0 Å². The molecule has 2 rings (SSSR count). The Bertz CT molecular complexity index is 572. The van der Waals surface area contributed by atoms with Crippen LogP contribution in [0.5, 0.6) is 0 Å². The van der Waals surface area contributed by atoms with Gasteiger partial charge in [0.05, 0.1) is 11.3 Å². The number of nitrogens with two attached hydrogens (primary N) is 1. The van der Waals surface area contributed by atoms with Gasteiger partial charge in [0, 0.05) is 12.6 Å². The van der Waals surface area contributed by atoms with Crippen LogP contribution in [0.25, 0.3) is 0 Å². The third kappa shape index (κ3) is 3.49. The third-order valence-electron chi connectivity index (χ3n) is 3.35. The monoisotopic (exact) mass is 299 g/mol. The number of anilines is 1. The van der Waals surface area contributed by atoms with Crippen LogP contribution in [0, 0.1) is 0 Å². The Morgan fingerprint density at radius 1 is 1.35 bits per heavy atom. The Morgan fingerprint density at radius 2 is 2.05 bits per heavy atom. The first-order valence-corrected chi connectivity index (χ1v) is 8.04. The van der Waals surface area contributed by atoms with Gasteiger partial charge in [-0.05, 0) is 38.8 Å². The molecule has 0 aromatic heterocycles. The highest BCUT2D eigenvalue weighted by molar-refractivity contribution is 7.89. The summed E-state index contributed by atoms with van der Waals surface area (Å²) in [6.45, 7) is 4.47. The molecule has 0 aliphatic carbocycles. The van der Waals surface area contributed by atoms with Crippen molar-refractivity contribution in [2.45, 2.75) is 43.2 Å². The average molecular weight is 299 g/mol. The van der Waals surface area contributed by atoms with Gasteiger partial charge >= 0.3 is 0 Å². The molecule has 20 heavy (non-hydrogen) atoms. The highest BCUT2D eigenvalue weighted by atomic mass is 32.2. The lowest BCUT2D eigenvalue weighted by molar-refractivity contribution is -0.0599. The molecule has 1 unspecified atom stereocenters. The molecule has 4 N–H and O–H groups in total. The van der Waals surface area contributed by atoms with E-state index in [4.69, 9.17) is 10.6 Å². The fraction of sp³-hybridized carbons (Fsp3) is 0.538. The molecule has 0 radical (unpaired) electrons. The maximum absolute atomic E-state index is 12.4. The van der Waals surface area contributed by atoms with Gasteiger partial charge in [0.15, 0.2) is 0 Å². The van der Waals surface area contributed by atoms with E-state index in [-0.39, 0.29) is 16.5 Å². The zero-order chi connectivity index (χ0) is 14.8. The summed E-state index contributed by atoms with van der Waals surface area (Å²) in [4.78, 5) is 0.159. The molecule has 1 aliphatic rings. The van der Waals surface area contributed by atoms with Gasteiger partial charge in [-0.15, -0.1) is 0 Å². The summed E-state index contributed by atoms with van der Waals surface area (Å²) >= 11 is 0. The lowest BCUT2D eigenvalue weighted by atomic mass is 9.95. The lowest BCUT2D eigenvalue weighted by Gasteiger charge is -2.35. The number of hydrogen-bond acceptors (Lipinski definition) is 5. The molecule has 1 aromatic carbocycles. The van der Waals surface area contributed by atoms with Gasteiger partial charge in [0.1, 0.15) is 4.90 Å². The van der Waals surface area contributed by atoms with E-state index in [9.17, 15) is 8.42 Å². The molecule has 1 heterocycles. The normalized spacial score (nSPS) is 22.4. The van der Waals surface area contributed by atoms with E-state index in [1.165, 1.54) is 6.07 Å². The number of nitrogen functional groups attached to an aromatic ring is 1. The molecule has 1 fully saturated rings. The standard InChI is InChI=1S/C13H21N3O3S/c1-13(2)9-10(7-8-19-13)16-20(17,18)12-6-4-3-5-11(12)15-14/h3-6,10,15-16H,7-9,14H2,1-2H3. The number of ether oxygens (including phenoxy) is 1. The number of rotatable bonds is 4. The van der Waals surface area contributed by atoms with Crippen LogP contribution in [0.1, 0.15) is 26.7 Å². The SMILES string of the molecule is CC1(C)CC(NS(=O)(=O)c2ccccc2NN)CCO1. The minimum absolute atomic E-state index is 0.130. The van der Waals surface area contributed by atoms with Crippen molar-refractivity contribution in [2.75, 3.05) is 12.0 Å². The molecule has 1 aromatic rings. The predicted octanol–water partition coefficient (Wildman–Crippen LogP) is 1.21. The van der Waals surface area contributed by atoms with Gasteiger partial charge in [-0.2, -0.15) is 0 Å². The number of sulfonamides is 1. The molecule has 0 bridgehead atoms. The highest BCUT2D eigenvalue weighted by Gasteiger charge is 2.32. The summed E-state index contributed by atoms with van der Waals surface area (Å²) in [7, 11) is -3.60. The van der Waals surface area contributed by atoms with E-state index in [2.05, 4.69) is 10.1 Å². The number of hydrazine groups is 1. The molecule has 1 aliphatic heterocycles. The van der Waals surface area contributed by atoms with Crippen LogP contribution >= 0.6 is 0 Å². The quantitative estimate of drug-likeness (QED) is 0.574. The zero-order valence-corrected chi connectivity index (χ0v) is 12.5. The highest BCUT2D eigenvalue weighted by Crippen LogP contribution is 2.26. The molecular formula is C13H21N3O3S. The predicted molar refractivity (Wildman–Crippen MR) is 77.6 cm³/mol. The first-order valence-electron chi connectivity index (χ1n) is 6.56. The second kappa shape index (κ2) is 5.69. The minimum Gasteiger partial charge on any atom is -0.375 e. The van der Waals surface area contributed by atoms with E-state index in [1.54, 1.807) is 18.2 Å². The first kappa shape index (κ1) is 15.2. The maximum Gasteiger partial charge on any atom is 0.242 e. The van der Waals surface area contributed by atoms with Crippen molar-refractivity contribution in [3.8, 4) is 0 Å². The van der Waals surface area contributed by atoms with Gasteiger partial charge in [-0.3, -0.25) is 5.84 Å². The van der Waals surface area contributed by atoms with Crippen LogP contribution in [0.4, 0.5) is 5.69 Å². The minimum atomic E-state index is -3.60. The number of hydrogen-bond donors (Lipinski definition) is 3. The lowest BCUT2D eigenvalue weighted by Crippen LogP contribution is -2.45. The van der Waals surface area contributed by atoms with E-state index in [0.29, 0.717) is 25.1 Å². The molecule has 1 saturated heterocycles. The van der Waals surface area contributed by atoms with Gasteiger partial charge in [-0.1, -0.05) is 12.1 Å². The van der Waals surface area contributed by atoms with Crippen LogP contribution in [-0.2, 0) is 14.8 Å². The summed E-state index contributed by atoms with van der Waals surface area (Å²) in [5, 5.41) is 0. The Morgan fingerprint density at radius 3 is 2.70 bits per heavy atom. The van der Waals surface area contributed by atoms with Gasteiger partial charge in [-0.25, -0.2) is 13.1 Å². The van der Waals surface area contributed by atoms with Crippen molar-refractivity contribution in [1.82, 2.24) is 4.72 Å². The second-order valence-corrected chi connectivity index (χ2v) is 7.24. The van der Waals surface area contributed by atoms with E-state index in [1.807, 2.05) is 13.8 Å². The van der Waals surface area contributed by atoms with Gasteiger partial charge in [0.25, 0.3) is 0 Å². The fourth-order valence-corrected chi connectivity index (χ4v) is 3.88. The van der Waals surface area contributed by atoms with Gasteiger partial charge in [0.2, 0.25) is 10.0 Å². The van der Waals surface area contributed by atoms with E-state index < -0.39 is 10.0 Å². The van der Waals surface area contributed by atoms with Crippen LogP contribution < -0.4 is 16.0 Å². The molecule has 112 valence electrons. The van der Waals surface area contributed by atoms with Crippen molar-refractivity contribution in [3.05, 3.63) is 24.3 Å². The molecule has 7 heteroatoms. The third-order valence-corrected chi connectivity index (χ3v) is 4.93. The smallest absolute Gasteiger partial charge is 0.242 e. The molecule has 1 atom stereocenters. The molecule has 0 saturated carbocycles. The van der Waals surface area contributed by atoms with Crippen LogP contribution in [0.15, 0.2) is 29.2 Å². The summed E-state index contributed by atoms with van der Waals surface area (Å²) in [5.74, 6) is 5.36. The Kier molecular flexibility index (Phi) is 4.33. The van der Waals surface area contributed by atoms with Crippen molar-refractivity contribution >= 4 is 15.7 Å². The molecular weight excluding hydrogens is 278 g/mol. The average Bonchev–Trinajstić information content (AvgIpc) is 2.37. The summed E-state index contributed by atoms with van der Waals surface area (Å²) < 4.78 is 33.2. The number of para-hydroxylation sites is 1. The second-order valence-electron chi connectivity index (χ2n) is 5.56. The Balaban J connectivity index is 2.19. The Labute approximate surface area is 119 Å². The van der Waals surface area contributed by atoms with Gasteiger partial charge < -0.3 is 10.2 Å². The van der Waals surface area contributed by atoms with Crippen LogP contribution in [-0.4, -0.2) is 26.7 Å². The van der Waals surface area contributed by atoms with Crippen LogP contribution in [0.2, 0.25) is 0 Å². The Hall–Kier alpha value is -1.15. The number of nitrogens with one attached hydrogen (secondary N) is 2. The number of benzene rings is 1. The molecule has 0 spiro atoms. The zero-order valence-electron chi connectivity index (χ0n) is 11.7. The van der Waals surface area contributed by atoms with Crippen molar-refractivity contribution in [1.29, 1.82) is 0 Å². The molecule has 6 nitrogen and oxygen atoms in total. The fourth-order valence-electron chi connectivity index (χ4n) is 2.44. The summed E-state index contributed by atoms with van der Waals surface area (Å²) in [5.41, 5.74) is 2.48. The van der Waals surface area contributed by atoms with Crippen molar-refractivity contribution in [2.24, 2.45) is 5.84 Å². The topological polar surface area (TPSA) is 93.5 Å². The van der Waals surface area contributed by atoms with Crippen LogP contribution in [0.3, 0.4) is 0 Å². The van der Waals surface area contributed by atoms with Crippen molar-refractivity contribution < 1.29 is 13.2 Å². The maximum atomic E-state index is 12.4. The largest absolute Gasteiger partial charge is 0.375 e. The first-order chi connectivity index (χ1) is 9.34. The summed E-state index contributed by atoms with van der Waals surface area (Å²) in [6, 6.07) is 6.43. The van der Waals surface area contributed by atoms with E-state index >= 15 is 0 Å². The summed E-state index contributed by atoms with van der Waals surface area (Å²) in [6.07, 6.45) is 1.31. The van der Waals surface area contributed by atoms with E-state index in [0.717, 1.165) is 0 Å². The molecule has 0 amide bonds.